The lowest BCUT2D eigenvalue weighted by Crippen LogP contribution is -2.25. The summed E-state index contributed by atoms with van der Waals surface area (Å²) in [5, 5.41) is 0. The van der Waals surface area contributed by atoms with Gasteiger partial charge in [-0.2, -0.15) is 0 Å². The van der Waals surface area contributed by atoms with Crippen LogP contribution in [0.5, 0.6) is 0 Å². The molecule has 1 aliphatic rings. The van der Waals surface area contributed by atoms with Crippen LogP contribution in [0, 0.1) is 11.3 Å². The maximum Gasteiger partial charge on any atom is -0.00979 e. The fraction of sp³-hybridized carbons (Fsp3) is 0.846. The van der Waals surface area contributed by atoms with Gasteiger partial charge in [0.25, 0.3) is 0 Å². The summed E-state index contributed by atoms with van der Waals surface area (Å²) in [5.41, 5.74) is 0.459. The minimum Gasteiger partial charge on any atom is -0.103 e. The summed E-state index contributed by atoms with van der Waals surface area (Å²) in [6.45, 7) is 8.75. The Morgan fingerprint density at radius 3 is 1.85 bits per heavy atom. The van der Waals surface area contributed by atoms with Crippen LogP contribution in [0.25, 0.3) is 0 Å². The van der Waals surface area contributed by atoms with E-state index in [0.29, 0.717) is 5.41 Å². The smallest absolute Gasteiger partial charge is 0.00979 e. The van der Waals surface area contributed by atoms with E-state index in [-0.39, 0.29) is 0 Å². The van der Waals surface area contributed by atoms with Gasteiger partial charge in [-0.25, -0.2) is 0 Å². The van der Waals surface area contributed by atoms with Gasteiger partial charge in [0.1, 0.15) is 0 Å². The summed E-state index contributed by atoms with van der Waals surface area (Å²) < 4.78 is 0. The molecule has 0 amide bonds. The monoisotopic (exact) mass is 180 g/mol. The first-order valence-electron chi connectivity index (χ1n) is 5.85. The van der Waals surface area contributed by atoms with Crippen molar-refractivity contribution in [1.29, 1.82) is 0 Å². The molecule has 1 rings (SSSR count). The minimum atomic E-state index is 0.459. The average Bonchev–Trinajstić information content (AvgIpc) is 2.04. The zero-order valence-electron chi connectivity index (χ0n) is 9.31. The van der Waals surface area contributed by atoms with Crippen molar-refractivity contribution in [3.63, 3.8) is 0 Å². The fourth-order valence-corrected chi connectivity index (χ4v) is 2.58. The second-order valence-corrected chi connectivity index (χ2v) is 4.86. The predicted molar refractivity (Wildman–Crippen MR) is 59.8 cm³/mol. The minimum absolute atomic E-state index is 0.459. The van der Waals surface area contributed by atoms with Gasteiger partial charge in [0, 0.05) is 0 Å². The standard InChI is InChI=1S/C13H24/c1-4-13(12(2)3)10-8-6-5-7-9-11-13/h4,12H,1,5-11H2,2-3H3. The topological polar surface area (TPSA) is 0 Å². The maximum absolute atomic E-state index is 4.05. The van der Waals surface area contributed by atoms with E-state index in [4.69, 9.17) is 0 Å². The van der Waals surface area contributed by atoms with Crippen LogP contribution in [-0.2, 0) is 0 Å². The highest BCUT2D eigenvalue weighted by Gasteiger charge is 2.29. The molecule has 0 atom stereocenters. The molecule has 1 aliphatic carbocycles. The Kier molecular flexibility index (Phi) is 4.02. The first-order chi connectivity index (χ1) is 6.21. The van der Waals surface area contributed by atoms with Crippen molar-refractivity contribution in [2.45, 2.75) is 58.8 Å². The van der Waals surface area contributed by atoms with Crippen LogP contribution in [0.2, 0.25) is 0 Å². The SMILES string of the molecule is C=CC1(C(C)C)CCCCCCC1. The molecule has 1 fully saturated rings. The Morgan fingerprint density at radius 2 is 1.46 bits per heavy atom. The molecule has 0 radical (unpaired) electrons. The van der Waals surface area contributed by atoms with Crippen molar-refractivity contribution >= 4 is 0 Å². The highest BCUT2D eigenvalue weighted by Crippen LogP contribution is 2.41. The molecule has 0 bridgehead atoms. The van der Waals surface area contributed by atoms with Crippen LogP contribution in [-0.4, -0.2) is 0 Å². The van der Waals surface area contributed by atoms with E-state index < -0.39 is 0 Å². The Bertz CT molecular complexity index is 147. The number of allylic oxidation sites excluding steroid dienone is 1. The molecule has 0 unspecified atom stereocenters. The first kappa shape index (κ1) is 10.8. The normalized spacial score (nSPS) is 23.6. The van der Waals surface area contributed by atoms with E-state index in [2.05, 4.69) is 26.5 Å². The molecule has 0 N–H and O–H groups in total. The Labute approximate surface area is 83.4 Å². The number of hydrogen-bond donors (Lipinski definition) is 0. The molecule has 0 heterocycles. The van der Waals surface area contributed by atoms with Crippen LogP contribution in [0.4, 0.5) is 0 Å². The Morgan fingerprint density at radius 1 is 1.00 bits per heavy atom. The molecular formula is C13H24. The van der Waals surface area contributed by atoms with Gasteiger partial charge >= 0.3 is 0 Å². The van der Waals surface area contributed by atoms with Crippen LogP contribution in [0.1, 0.15) is 58.8 Å². The molecule has 0 saturated heterocycles. The maximum atomic E-state index is 4.05. The van der Waals surface area contributed by atoms with Gasteiger partial charge in [0.15, 0.2) is 0 Å². The lowest BCUT2D eigenvalue weighted by atomic mass is 9.69. The van der Waals surface area contributed by atoms with Gasteiger partial charge < -0.3 is 0 Å². The number of rotatable bonds is 2. The van der Waals surface area contributed by atoms with Gasteiger partial charge in [-0.15, -0.1) is 6.58 Å². The van der Waals surface area contributed by atoms with E-state index in [1.807, 2.05) is 0 Å². The first-order valence-corrected chi connectivity index (χ1v) is 5.85. The van der Waals surface area contributed by atoms with Gasteiger partial charge in [0.05, 0.1) is 0 Å². The molecule has 0 heteroatoms. The molecule has 0 spiro atoms. The molecular weight excluding hydrogens is 156 g/mol. The molecule has 0 aromatic heterocycles. The highest BCUT2D eigenvalue weighted by molar-refractivity contribution is 4.97. The molecule has 13 heavy (non-hydrogen) atoms. The van der Waals surface area contributed by atoms with Crippen molar-refractivity contribution in [3.8, 4) is 0 Å². The molecule has 0 aromatic carbocycles. The van der Waals surface area contributed by atoms with Crippen molar-refractivity contribution in [1.82, 2.24) is 0 Å². The zero-order valence-corrected chi connectivity index (χ0v) is 9.31. The quantitative estimate of drug-likeness (QED) is 0.546. The van der Waals surface area contributed by atoms with Gasteiger partial charge in [0.2, 0.25) is 0 Å². The van der Waals surface area contributed by atoms with Gasteiger partial charge in [-0.1, -0.05) is 52.0 Å². The largest absolute Gasteiger partial charge is 0.103 e. The van der Waals surface area contributed by atoms with Crippen molar-refractivity contribution < 1.29 is 0 Å². The summed E-state index contributed by atoms with van der Waals surface area (Å²) in [6.07, 6.45) is 12.1. The zero-order chi connectivity index (χ0) is 9.73. The van der Waals surface area contributed by atoms with Crippen molar-refractivity contribution in [3.05, 3.63) is 12.7 Å². The highest BCUT2D eigenvalue weighted by atomic mass is 14.3. The third-order valence-corrected chi connectivity index (χ3v) is 3.84. The van der Waals surface area contributed by atoms with Crippen LogP contribution >= 0.6 is 0 Å². The van der Waals surface area contributed by atoms with E-state index in [9.17, 15) is 0 Å². The van der Waals surface area contributed by atoms with Crippen LogP contribution in [0.15, 0.2) is 12.7 Å². The third kappa shape index (κ3) is 2.59. The van der Waals surface area contributed by atoms with E-state index >= 15 is 0 Å². The Balaban J connectivity index is 2.63. The fourth-order valence-electron chi connectivity index (χ4n) is 2.58. The molecule has 0 nitrogen and oxygen atoms in total. The Hall–Kier alpha value is -0.260. The summed E-state index contributed by atoms with van der Waals surface area (Å²) in [6, 6.07) is 0. The molecule has 0 aromatic rings. The van der Waals surface area contributed by atoms with E-state index in [1.54, 1.807) is 0 Å². The second-order valence-electron chi connectivity index (χ2n) is 4.86. The van der Waals surface area contributed by atoms with E-state index in [0.717, 1.165) is 5.92 Å². The van der Waals surface area contributed by atoms with Crippen LogP contribution < -0.4 is 0 Å². The van der Waals surface area contributed by atoms with Gasteiger partial charge in [-0.05, 0) is 24.2 Å². The summed E-state index contributed by atoms with van der Waals surface area (Å²) >= 11 is 0. The summed E-state index contributed by atoms with van der Waals surface area (Å²) in [4.78, 5) is 0. The van der Waals surface area contributed by atoms with Crippen LogP contribution in [0.3, 0.4) is 0 Å². The lowest BCUT2D eigenvalue weighted by Gasteiger charge is -2.36. The summed E-state index contributed by atoms with van der Waals surface area (Å²) in [5.74, 6) is 0.767. The second kappa shape index (κ2) is 4.83. The molecule has 76 valence electrons. The lowest BCUT2D eigenvalue weighted by molar-refractivity contribution is 0.199. The van der Waals surface area contributed by atoms with Gasteiger partial charge in [-0.3, -0.25) is 0 Å². The average molecular weight is 180 g/mol. The predicted octanol–water partition coefficient (Wildman–Crippen LogP) is 4.56. The van der Waals surface area contributed by atoms with Crippen molar-refractivity contribution in [2.24, 2.45) is 11.3 Å². The summed E-state index contributed by atoms with van der Waals surface area (Å²) in [7, 11) is 0. The molecule has 1 saturated carbocycles. The third-order valence-electron chi connectivity index (χ3n) is 3.84. The molecule has 0 aliphatic heterocycles. The van der Waals surface area contributed by atoms with Crippen molar-refractivity contribution in [2.75, 3.05) is 0 Å². The number of hydrogen-bond acceptors (Lipinski definition) is 0. The van der Waals surface area contributed by atoms with E-state index in [1.165, 1.54) is 44.9 Å².